The minimum absolute atomic E-state index is 0.101. The maximum absolute atomic E-state index is 12.5. The maximum Gasteiger partial charge on any atom is 0.409 e. The first-order valence-corrected chi connectivity index (χ1v) is 15.4. The highest BCUT2D eigenvalue weighted by atomic mass is 33.1. The normalized spacial score (nSPS) is 10.6. The second-order valence-electron chi connectivity index (χ2n) is 8.57. The van der Waals surface area contributed by atoms with E-state index in [-0.39, 0.29) is 38.1 Å². The molecule has 0 aromatic rings. The number of carbonyl (C=O) groups is 3. The van der Waals surface area contributed by atoms with Crippen molar-refractivity contribution in [1.29, 1.82) is 0 Å². The van der Waals surface area contributed by atoms with Crippen LogP contribution in [0, 0.1) is 12.3 Å². The summed E-state index contributed by atoms with van der Waals surface area (Å²) >= 11 is 0. The van der Waals surface area contributed by atoms with Gasteiger partial charge in [0.2, 0.25) is 0 Å². The zero-order valence-corrected chi connectivity index (χ0v) is 24.1. The molecule has 1 amide bonds. The Bertz CT molecular complexity index is 628. The summed E-state index contributed by atoms with van der Waals surface area (Å²) in [7, 11) is 7.10. The van der Waals surface area contributed by atoms with E-state index in [1.165, 1.54) is 25.7 Å². The molecule has 0 atom stereocenters. The van der Waals surface area contributed by atoms with Crippen molar-refractivity contribution in [3.63, 3.8) is 0 Å². The van der Waals surface area contributed by atoms with Gasteiger partial charge in [-0.15, -0.1) is 12.3 Å². The van der Waals surface area contributed by atoms with Crippen LogP contribution in [-0.4, -0.2) is 92.9 Å². The van der Waals surface area contributed by atoms with E-state index < -0.39 is 6.09 Å². The minimum atomic E-state index is -0.431. The van der Waals surface area contributed by atoms with Gasteiger partial charge in [0.05, 0.1) is 6.42 Å². The number of nitrogens with zero attached hydrogens (tertiary/aromatic N) is 2. The molecule has 0 aromatic heterocycles. The molecule has 0 unspecified atom stereocenters. The third-order valence-corrected chi connectivity index (χ3v) is 7.36. The summed E-state index contributed by atoms with van der Waals surface area (Å²) in [6.07, 6.45) is 13.4. The highest BCUT2D eigenvalue weighted by Crippen LogP contribution is 2.20. The SMILES string of the molecule is C#CCCOC(=O)CCN(CCCN(C)C)C(=O)OCCSSCCOC(=O)CCCCCCCC. The van der Waals surface area contributed by atoms with Gasteiger partial charge < -0.3 is 24.0 Å². The lowest BCUT2D eigenvalue weighted by Gasteiger charge is -2.22. The molecule has 0 bridgehead atoms. The fourth-order valence-electron chi connectivity index (χ4n) is 3.08. The van der Waals surface area contributed by atoms with Gasteiger partial charge in [0.15, 0.2) is 0 Å². The molecule has 0 saturated heterocycles. The number of amides is 1. The monoisotopic (exact) mass is 546 g/mol. The molecule has 36 heavy (non-hydrogen) atoms. The number of carbonyl (C=O) groups excluding carboxylic acids is 3. The molecule has 0 heterocycles. The quantitative estimate of drug-likeness (QED) is 0.0577. The Morgan fingerprint density at radius 1 is 0.750 bits per heavy atom. The summed E-state index contributed by atoms with van der Waals surface area (Å²) < 4.78 is 15.7. The Labute approximate surface area is 226 Å². The van der Waals surface area contributed by atoms with Crippen LogP contribution in [-0.2, 0) is 23.8 Å². The first kappa shape index (κ1) is 34.4. The predicted octanol–water partition coefficient (Wildman–Crippen LogP) is 5.01. The van der Waals surface area contributed by atoms with Crippen molar-refractivity contribution in [3.05, 3.63) is 0 Å². The summed E-state index contributed by atoms with van der Waals surface area (Å²) in [5, 5.41) is 0. The van der Waals surface area contributed by atoms with Crippen molar-refractivity contribution in [3.8, 4) is 12.3 Å². The zero-order valence-electron chi connectivity index (χ0n) is 22.5. The van der Waals surface area contributed by atoms with Crippen LogP contribution in [0.2, 0.25) is 0 Å². The van der Waals surface area contributed by atoms with Crippen molar-refractivity contribution < 1.29 is 28.6 Å². The van der Waals surface area contributed by atoms with Crippen LogP contribution in [0.25, 0.3) is 0 Å². The summed E-state index contributed by atoms with van der Waals surface area (Å²) in [6, 6.07) is 0. The number of esters is 2. The lowest BCUT2D eigenvalue weighted by atomic mass is 10.1. The topological polar surface area (TPSA) is 85.4 Å². The van der Waals surface area contributed by atoms with Crippen molar-refractivity contribution in [2.45, 2.75) is 71.1 Å². The smallest absolute Gasteiger partial charge is 0.409 e. The van der Waals surface area contributed by atoms with Crippen molar-refractivity contribution in [2.24, 2.45) is 0 Å². The summed E-state index contributed by atoms with van der Waals surface area (Å²) in [6.45, 7) is 4.61. The molecule has 208 valence electrons. The van der Waals surface area contributed by atoms with E-state index in [2.05, 4.69) is 12.8 Å². The molecule has 0 aliphatic carbocycles. The standard InChI is InChI=1S/C26H46N2O6S2/c1-5-7-9-10-11-12-14-24(29)33-20-22-35-36-23-21-34-26(31)28(17-13-16-27(3)4)18-15-25(30)32-19-8-6-2/h2H,5,7-23H2,1,3-4H3. The van der Waals surface area contributed by atoms with E-state index >= 15 is 0 Å². The van der Waals surface area contributed by atoms with E-state index in [1.807, 2.05) is 19.0 Å². The number of hydrogen-bond donors (Lipinski definition) is 0. The fraction of sp³-hybridized carbons (Fsp3) is 0.808. The minimum Gasteiger partial charge on any atom is -0.465 e. The largest absolute Gasteiger partial charge is 0.465 e. The van der Waals surface area contributed by atoms with Gasteiger partial charge in [0.1, 0.15) is 19.8 Å². The molecule has 0 fully saturated rings. The summed E-state index contributed by atoms with van der Waals surface area (Å²) in [4.78, 5) is 39.7. The van der Waals surface area contributed by atoms with Crippen LogP contribution in [0.4, 0.5) is 4.79 Å². The van der Waals surface area contributed by atoms with Gasteiger partial charge in [-0.2, -0.15) is 0 Å². The first-order chi connectivity index (χ1) is 17.4. The number of hydrogen-bond acceptors (Lipinski definition) is 9. The first-order valence-electron chi connectivity index (χ1n) is 13.0. The molecule has 0 spiro atoms. The Balaban J connectivity index is 3.97. The molecule has 0 aliphatic heterocycles. The lowest BCUT2D eigenvalue weighted by Crippen LogP contribution is -2.36. The lowest BCUT2D eigenvalue weighted by molar-refractivity contribution is -0.144. The number of rotatable bonds is 23. The Morgan fingerprint density at radius 2 is 1.36 bits per heavy atom. The van der Waals surface area contributed by atoms with Crippen LogP contribution in [0.5, 0.6) is 0 Å². The Kier molecular flexibility index (Phi) is 24.0. The van der Waals surface area contributed by atoms with Crippen LogP contribution >= 0.6 is 21.6 Å². The number of ether oxygens (including phenoxy) is 3. The van der Waals surface area contributed by atoms with Crippen molar-refractivity contribution in [1.82, 2.24) is 9.80 Å². The molecule has 0 radical (unpaired) electrons. The zero-order chi connectivity index (χ0) is 26.9. The fourth-order valence-corrected chi connectivity index (χ4v) is 4.73. The maximum atomic E-state index is 12.5. The summed E-state index contributed by atoms with van der Waals surface area (Å²) in [5.74, 6) is 3.23. The average molecular weight is 547 g/mol. The molecule has 0 aliphatic rings. The number of unbranched alkanes of at least 4 members (excludes halogenated alkanes) is 5. The molecule has 10 heteroatoms. The number of terminal acetylenes is 1. The highest BCUT2D eigenvalue weighted by Gasteiger charge is 2.17. The Hall–Kier alpha value is -1.57. The summed E-state index contributed by atoms with van der Waals surface area (Å²) in [5.41, 5.74) is 0. The van der Waals surface area contributed by atoms with Gasteiger partial charge in [-0.25, -0.2) is 4.79 Å². The molecular formula is C26H46N2O6S2. The molecule has 0 N–H and O–H groups in total. The van der Waals surface area contributed by atoms with E-state index in [4.69, 9.17) is 20.6 Å². The molecule has 0 aromatic carbocycles. The van der Waals surface area contributed by atoms with Gasteiger partial charge >= 0.3 is 18.0 Å². The predicted molar refractivity (Wildman–Crippen MR) is 149 cm³/mol. The van der Waals surface area contributed by atoms with Crippen molar-refractivity contribution >= 4 is 39.6 Å². The van der Waals surface area contributed by atoms with E-state index in [9.17, 15) is 14.4 Å². The van der Waals surface area contributed by atoms with Gasteiger partial charge in [0.25, 0.3) is 0 Å². The van der Waals surface area contributed by atoms with Gasteiger partial charge in [0, 0.05) is 37.4 Å². The molecule has 0 saturated carbocycles. The third kappa shape index (κ3) is 22.9. The van der Waals surface area contributed by atoms with Crippen LogP contribution < -0.4 is 0 Å². The second kappa shape index (κ2) is 25.1. The van der Waals surface area contributed by atoms with E-state index in [0.717, 1.165) is 25.8 Å². The van der Waals surface area contributed by atoms with E-state index in [0.29, 0.717) is 37.5 Å². The second-order valence-corrected chi connectivity index (χ2v) is 11.3. The van der Waals surface area contributed by atoms with Crippen LogP contribution in [0.3, 0.4) is 0 Å². The molecular weight excluding hydrogens is 500 g/mol. The molecule has 8 nitrogen and oxygen atoms in total. The van der Waals surface area contributed by atoms with Crippen LogP contribution in [0.15, 0.2) is 0 Å². The van der Waals surface area contributed by atoms with E-state index in [1.54, 1.807) is 26.5 Å². The Morgan fingerprint density at radius 3 is 2.03 bits per heavy atom. The third-order valence-electron chi connectivity index (χ3n) is 5.03. The van der Waals surface area contributed by atoms with Gasteiger partial charge in [-0.3, -0.25) is 9.59 Å². The molecule has 0 rings (SSSR count). The average Bonchev–Trinajstić information content (AvgIpc) is 2.84. The van der Waals surface area contributed by atoms with Crippen LogP contribution in [0.1, 0.15) is 71.1 Å². The van der Waals surface area contributed by atoms with Crippen molar-refractivity contribution in [2.75, 3.05) is 65.1 Å². The van der Waals surface area contributed by atoms with Gasteiger partial charge in [-0.1, -0.05) is 60.6 Å². The highest BCUT2D eigenvalue weighted by molar-refractivity contribution is 8.76. The van der Waals surface area contributed by atoms with Gasteiger partial charge in [-0.05, 0) is 33.5 Å².